The lowest BCUT2D eigenvalue weighted by Crippen LogP contribution is -2.35. The van der Waals surface area contributed by atoms with E-state index in [0.717, 1.165) is 5.69 Å². The van der Waals surface area contributed by atoms with Crippen LogP contribution in [0.2, 0.25) is 0 Å². The summed E-state index contributed by atoms with van der Waals surface area (Å²) in [7, 11) is 0. The Morgan fingerprint density at radius 1 is 1.64 bits per heavy atom. The molecule has 0 fully saturated rings. The summed E-state index contributed by atoms with van der Waals surface area (Å²) < 4.78 is 0. The number of carbonyl (C=O) groups is 1. The van der Waals surface area contributed by atoms with Crippen molar-refractivity contribution in [2.24, 2.45) is 11.0 Å². The highest BCUT2D eigenvalue weighted by Crippen LogP contribution is 2.14. The molecular weight excluding hydrogens is 182 g/mol. The Hall–Kier alpha value is -1.62. The third kappa shape index (κ3) is 1.54. The molecule has 1 aromatic rings. The normalized spacial score (nSPS) is 21.6. The molecule has 0 radical (unpaired) electrons. The zero-order chi connectivity index (χ0) is 9.97. The van der Waals surface area contributed by atoms with Gasteiger partial charge in [-0.05, 0) is 12.1 Å². The Labute approximate surface area is 80.8 Å². The highest BCUT2D eigenvalue weighted by molar-refractivity contribution is 6.04. The molecule has 0 bridgehead atoms. The number of aliphatic hydroxyl groups is 1. The first-order valence-corrected chi connectivity index (χ1v) is 4.42. The molecule has 1 aliphatic rings. The van der Waals surface area contributed by atoms with Gasteiger partial charge >= 0.3 is 0 Å². The van der Waals surface area contributed by atoms with Gasteiger partial charge in [0.15, 0.2) is 0 Å². The maximum atomic E-state index is 11.0. The van der Waals surface area contributed by atoms with Gasteiger partial charge in [0.1, 0.15) is 0 Å². The van der Waals surface area contributed by atoms with Crippen LogP contribution in [0.25, 0.3) is 0 Å². The topological polar surface area (TPSA) is 77.5 Å². The van der Waals surface area contributed by atoms with Gasteiger partial charge in [-0.15, -0.1) is 0 Å². The number of aromatic amines is 1. The van der Waals surface area contributed by atoms with Crippen LogP contribution in [0.3, 0.4) is 0 Å². The maximum absolute atomic E-state index is 11.0. The molecule has 0 spiro atoms. The molecule has 3 N–H and O–H groups in total. The van der Waals surface area contributed by atoms with Gasteiger partial charge in [-0.1, -0.05) is 0 Å². The molecule has 2 rings (SSSR count). The molecule has 0 aliphatic carbocycles. The van der Waals surface area contributed by atoms with Gasteiger partial charge in [0, 0.05) is 18.5 Å². The Morgan fingerprint density at radius 2 is 2.50 bits per heavy atom. The number of amides is 1. The predicted octanol–water partition coefficient (Wildman–Crippen LogP) is -0.153. The van der Waals surface area contributed by atoms with Crippen LogP contribution in [0.5, 0.6) is 0 Å². The van der Waals surface area contributed by atoms with Gasteiger partial charge in [0.25, 0.3) is 0 Å². The number of nitrogens with zero attached hydrogens (tertiary/aromatic N) is 1. The molecule has 1 aliphatic heterocycles. The average Bonchev–Trinajstić information content (AvgIpc) is 2.70. The van der Waals surface area contributed by atoms with Gasteiger partial charge in [-0.25, -0.2) is 5.43 Å². The van der Waals surface area contributed by atoms with Gasteiger partial charge in [-0.2, -0.15) is 5.10 Å². The highest BCUT2D eigenvalue weighted by Gasteiger charge is 2.25. The summed E-state index contributed by atoms with van der Waals surface area (Å²) in [5.41, 5.74) is 3.95. The van der Waals surface area contributed by atoms with Crippen molar-refractivity contribution >= 4 is 11.6 Å². The highest BCUT2D eigenvalue weighted by atomic mass is 16.3. The lowest BCUT2D eigenvalue weighted by molar-refractivity contribution is -0.122. The van der Waals surface area contributed by atoms with E-state index in [-0.39, 0.29) is 24.9 Å². The maximum Gasteiger partial charge on any atom is 0.240 e. The first-order chi connectivity index (χ1) is 6.81. The monoisotopic (exact) mass is 193 g/mol. The van der Waals surface area contributed by atoms with E-state index < -0.39 is 0 Å². The van der Waals surface area contributed by atoms with Crippen molar-refractivity contribution in [3.63, 3.8) is 0 Å². The van der Waals surface area contributed by atoms with E-state index in [0.29, 0.717) is 5.71 Å². The summed E-state index contributed by atoms with van der Waals surface area (Å²) in [6.45, 7) is -0.0642. The van der Waals surface area contributed by atoms with Gasteiger partial charge < -0.3 is 10.1 Å². The number of carbonyl (C=O) groups excluding carboxylic acids is 1. The Bertz CT molecular complexity index is 356. The number of hydrogen-bond donors (Lipinski definition) is 3. The molecule has 1 aromatic heterocycles. The third-order valence-electron chi connectivity index (χ3n) is 2.21. The van der Waals surface area contributed by atoms with Crippen molar-refractivity contribution < 1.29 is 9.90 Å². The van der Waals surface area contributed by atoms with E-state index in [1.165, 1.54) is 0 Å². The number of aromatic nitrogens is 1. The lowest BCUT2D eigenvalue weighted by atomic mass is 9.96. The standard InChI is InChI=1S/C9H11N3O2/c13-5-6-4-8(14)11-12-9(6)7-2-1-3-10-7/h1-3,6,10,13H,4-5H2,(H,11,14). The summed E-state index contributed by atoms with van der Waals surface area (Å²) in [5.74, 6) is -0.359. The van der Waals surface area contributed by atoms with Crippen LogP contribution in [0.1, 0.15) is 12.1 Å². The summed E-state index contributed by atoms with van der Waals surface area (Å²) >= 11 is 0. The number of hydrazone groups is 1. The van der Waals surface area contributed by atoms with Crippen LogP contribution in [0, 0.1) is 5.92 Å². The summed E-state index contributed by atoms with van der Waals surface area (Å²) in [5, 5.41) is 13.0. The van der Waals surface area contributed by atoms with Crippen LogP contribution < -0.4 is 5.43 Å². The molecular formula is C9H11N3O2. The molecule has 5 nitrogen and oxygen atoms in total. The number of H-pyrrole nitrogens is 1. The number of hydrogen-bond acceptors (Lipinski definition) is 3. The fourth-order valence-electron chi connectivity index (χ4n) is 1.50. The SMILES string of the molecule is O=C1CC(CO)C(c2ccc[nH]2)=NN1. The van der Waals surface area contributed by atoms with E-state index in [1.807, 2.05) is 12.1 Å². The largest absolute Gasteiger partial charge is 0.396 e. The zero-order valence-electron chi connectivity index (χ0n) is 7.53. The quantitative estimate of drug-likeness (QED) is 0.610. The first kappa shape index (κ1) is 8.96. The Balaban J connectivity index is 2.29. The molecule has 14 heavy (non-hydrogen) atoms. The number of rotatable bonds is 2. The van der Waals surface area contributed by atoms with E-state index in [1.54, 1.807) is 6.20 Å². The summed E-state index contributed by atoms with van der Waals surface area (Å²) in [6.07, 6.45) is 2.07. The lowest BCUT2D eigenvalue weighted by Gasteiger charge is -2.19. The fourth-order valence-corrected chi connectivity index (χ4v) is 1.50. The van der Waals surface area contributed by atoms with Crippen LogP contribution in [-0.4, -0.2) is 28.3 Å². The first-order valence-electron chi connectivity index (χ1n) is 4.42. The molecule has 0 saturated heterocycles. The van der Waals surface area contributed by atoms with E-state index in [9.17, 15) is 4.79 Å². The van der Waals surface area contributed by atoms with Crippen LogP contribution in [0.15, 0.2) is 23.4 Å². The third-order valence-corrected chi connectivity index (χ3v) is 2.21. The molecule has 1 unspecified atom stereocenters. The van der Waals surface area contributed by atoms with Crippen LogP contribution in [-0.2, 0) is 4.79 Å². The van der Waals surface area contributed by atoms with Gasteiger partial charge in [0.05, 0.1) is 18.0 Å². The van der Waals surface area contributed by atoms with Crippen molar-refractivity contribution in [2.75, 3.05) is 6.61 Å². The minimum Gasteiger partial charge on any atom is -0.396 e. The molecule has 1 atom stereocenters. The molecule has 0 saturated carbocycles. The van der Waals surface area contributed by atoms with Crippen molar-refractivity contribution in [1.29, 1.82) is 0 Å². The average molecular weight is 193 g/mol. The van der Waals surface area contributed by atoms with Crippen molar-refractivity contribution in [2.45, 2.75) is 6.42 Å². The van der Waals surface area contributed by atoms with Crippen molar-refractivity contribution in [3.8, 4) is 0 Å². The molecule has 74 valence electrons. The van der Waals surface area contributed by atoms with Crippen LogP contribution >= 0.6 is 0 Å². The molecule has 5 heteroatoms. The fraction of sp³-hybridized carbons (Fsp3) is 0.333. The van der Waals surface area contributed by atoms with Crippen LogP contribution in [0.4, 0.5) is 0 Å². The molecule has 1 amide bonds. The molecule has 0 aromatic carbocycles. The second kappa shape index (κ2) is 3.63. The minimum atomic E-state index is -0.206. The number of aliphatic hydroxyl groups excluding tert-OH is 1. The molecule has 2 heterocycles. The van der Waals surface area contributed by atoms with Gasteiger partial charge in [0.2, 0.25) is 5.91 Å². The predicted molar refractivity (Wildman–Crippen MR) is 50.7 cm³/mol. The Morgan fingerprint density at radius 3 is 3.14 bits per heavy atom. The summed E-state index contributed by atoms with van der Waals surface area (Å²) in [4.78, 5) is 14.0. The van der Waals surface area contributed by atoms with E-state index >= 15 is 0 Å². The second-order valence-electron chi connectivity index (χ2n) is 3.20. The smallest absolute Gasteiger partial charge is 0.240 e. The van der Waals surface area contributed by atoms with Crippen molar-refractivity contribution in [1.82, 2.24) is 10.4 Å². The second-order valence-corrected chi connectivity index (χ2v) is 3.20. The van der Waals surface area contributed by atoms with Crippen molar-refractivity contribution in [3.05, 3.63) is 24.0 Å². The van der Waals surface area contributed by atoms with Gasteiger partial charge in [-0.3, -0.25) is 4.79 Å². The Kier molecular flexibility index (Phi) is 2.32. The zero-order valence-corrected chi connectivity index (χ0v) is 7.53. The van der Waals surface area contributed by atoms with E-state index in [2.05, 4.69) is 15.5 Å². The minimum absolute atomic E-state index is 0.0642. The number of nitrogens with one attached hydrogen (secondary N) is 2. The summed E-state index contributed by atoms with van der Waals surface area (Å²) in [6, 6.07) is 3.71. The van der Waals surface area contributed by atoms with E-state index in [4.69, 9.17) is 5.11 Å².